The minimum atomic E-state index is 0.431. The molecule has 13 heavy (non-hydrogen) atoms. The van der Waals surface area contributed by atoms with E-state index in [9.17, 15) is 0 Å². The molecule has 1 aromatic rings. The average molecular weight is 169 g/mol. The second-order valence-electron chi connectivity index (χ2n) is 2.42. The van der Waals surface area contributed by atoms with Gasteiger partial charge in [-0.1, -0.05) is 6.07 Å². The maximum Gasteiger partial charge on any atom is 0.101 e. The fourth-order valence-corrected chi connectivity index (χ4v) is 0.908. The maximum atomic E-state index is 8.65. The first-order chi connectivity index (χ1) is 6.27. The third kappa shape index (κ3) is 2.08. The fraction of sp³-hybridized carbons (Fsp3) is 0. The van der Waals surface area contributed by atoms with Gasteiger partial charge in [0.2, 0.25) is 0 Å². The first-order valence-corrected chi connectivity index (χ1v) is 3.63. The van der Waals surface area contributed by atoms with Crippen LogP contribution in [0.1, 0.15) is 11.1 Å². The van der Waals surface area contributed by atoms with E-state index in [0.717, 1.165) is 5.56 Å². The number of nitrogens with two attached hydrogens (primary N) is 1. The van der Waals surface area contributed by atoms with Crippen molar-refractivity contribution in [3.8, 4) is 12.1 Å². The molecule has 0 fully saturated rings. The highest BCUT2D eigenvalue weighted by atomic mass is 14.6. The quantitative estimate of drug-likeness (QED) is 0.513. The molecule has 1 rings (SSSR count). The topological polar surface area (TPSA) is 73.6 Å². The molecule has 1 aromatic carbocycles. The second-order valence-corrected chi connectivity index (χ2v) is 2.42. The molecule has 0 radical (unpaired) electrons. The van der Waals surface area contributed by atoms with Crippen LogP contribution in [-0.4, -0.2) is 0 Å². The van der Waals surface area contributed by atoms with Crippen LogP contribution in [0, 0.1) is 22.7 Å². The number of nitrogens with zero attached hydrogens (tertiary/aromatic N) is 2. The van der Waals surface area contributed by atoms with Gasteiger partial charge in [0.25, 0.3) is 0 Å². The molecule has 2 N–H and O–H groups in total. The Morgan fingerprint density at radius 3 is 2.69 bits per heavy atom. The Bertz CT molecular complexity index is 419. The van der Waals surface area contributed by atoms with E-state index < -0.39 is 0 Å². The van der Waals surface area contributed by atoms with E-state index >= 15 is 0 Å². The summed E-state index contributed by atoms with van der Waals surface area (Å²) < 4.78 is 0. The zero-order valence-electron chi connectivity index (χ0n) is 6.86. The summed E-state index contributed by atoms with van der Waals surface area (Å²) in [5.41, 5.74) is 7.20. The van der Waals surface area contributed by atoms with E-state index in [1.165, 1.54) is 6.08 Å². The van der Waals surface area contributed by atoms with Crippen molar-refractivity contribution >= 4 is 11.8 Å². The standard InChI is InChI=1S/C10H7N3/c11-5-1-2-8-3-4-10(13)9(6-8)7-12/h1-4,6H,13H2. The van der Waals surface area contributed by atoms with Crippen LogP contribution in [-0.2, 0) is 0 Å². The number of hydrogen-bond acceptors (Lipinski definition) is 3. The number of allylic oxidation sites excluding steroid dienone is 1. The third-order valence-corrected chi connectivity index (χ3v) is 1.55. The largest absolute Gasteiger partial charge is 0.398 e. The SMILES string of the molecule is N#CC=Cc1ccc(N)c(C#N)c1. The molecule has 0 spiro atoms. The molecular formula is C10H7N3. The summed E-state index contributed by atoms with van der Waals surface area (Å²) in [5, 5.41) is 16.9. The minimum absolute atomic E-state index is 0.431. The number of rotatable bonds is 1. The Kier molecular flexibility index (Phi) is 2.68. The summed E-state index contributed by atoms with van der Waals surface area (Å²) in [6, 6.07) is 8.89. The fourth-order valence-electron chi connectivity index (χ4n) is 0.908. The predicted molar refractivity (Wildman–Crippen MR) is 50.2 cm³/mol. The van der Waals surface area contributed by atoms with E-state index in [1.807, 2.05) is 12.1 Å². The lowest BCUT2D eigenvalue weighted by atomic mass is 10.1. The van der Waals surface area contributed by atoms with E-state index in [0.29, 0.717) is 11.3 Å². The van der Waals surface area contributed by atoms with E-state index in [1.54, 1.807) is 24.3 Å². The van der Waals surface area contributed by atoms with Gasteiger partial charge in [0.1, 0.15) is 6.07 Å². The van der Waals surface area contributed by atoms with Gasteiger partial charge in [0, 0.05) is 11.8 Å². The van der Waals surface area contributed by atoms with Crippen molar-refractivity contribution in [1.29, 1.82) is 10.5 Å². The van der Waals surface area contributed by atoms with Crippen molar-refractivity contribution < 1.29 is 0 Å². The summed E-state index contributed by atoms with van der Waals surface area (Å²) in [7, 11) is 0. The highest BCUT2D eigenvalue weighted by Gasteiger charge is 1.96. The molecule has 0 saturated carbocycles. The minimum Gasteiger partial charge on any atom is -0.398 e. The molecule has 3 nitrogen and oxygen atoms in total. The molecule has 0 amide bonds. The van der Waals surface area contributed by atoms with Crippen LogP contribution < -0.4 is 5.73 Å². The Labute approximate surface area is 76.3 Å². The second kappa shape index (κ2) is 3.94. The summed E-state index contributed by atoms with van der Waals surface area (Å²) in [5.74, 6) is 0. The van der Waals surface area contributed by atoms with Crippen molar-refractivity contribution in [3.63, 3.8) is 0 Å². The van der Waals surface area contributed by atoms with Crippen molar-refractivity contribution in [2.45, 2.75) is 0 Å². The van der Waals surface area contributed by atoms with Gasteiger partial charge in [0.15, 0.2) is 0 Å². The van der Waals surface area contributed by atoms with Crippen LogP contribution >= 0.6 is 0 Å². The van der Waals surface area contributed by atoms with Crippen LogP contribution in [0.2, 0.25) is 0 Å². The van der Waals surface area contributed by atoms with Gasteiger partial charge in [-0.05, 0) is 23.8 Å². The van der Waals surface area contributed by atoms with E-state index in [-0.39, 0.29) is 0 Å². The zero-order valence-corrected chi connectivity index (χ0v) is 6.86. The van der Waals surface area contributed by atoms with Crippen molar-refractivity contribution in [2.75, 3.05) is 5.73 Å². The van der Waals surface area contributed by atoms with Gasteiger partial charge in [-0.25, -0.2) is 0 Å². The Morgan fingerprint density at radius 1 is 1.31 bits per heavy atom. The molecular weight excluding hydrogens is 162 g/mol. The summed E-state index contributed by atoms with van der Waals surface area (Å²) >= 11 is 0. The molecule has 0 aliphatic carbocycles. The van der Waals surface area contributed by atoms with Crippen molar-refractivity contribution in [2.24, 2.45) is 0 Å². The normalized spacial score (nSPS) is 9.38. The van der Waals surface area contributed by atoms with E-state index in [2.05, 4.69) is 0 Å². The molecule has 0 aliphatic rings. The molecule has 3 heteroatoms. The van der Waals surface area contributed by atoms with Crippen LogP contribution in [0.3, 0.4) is 0 Å². The monoisotopic (exact) mass is 169 g/mol. The molecule has 0 aliphatic heterocycles. The lowest BCUT2D eigenvalue weighted by molar-refractivity contribution is 1.48. The van der Waals surface area contributed by atoms with Crippen LogP contribution in [0.5, 0.6) is 0 Å². The summed E-state index contributed by atoms with van der Waals surface area (Å²) in [6.45, 7) is 0. The van der Waals surface area contributed by atoms with Crippen LogP contribution in [0.25, 0.3) is 6.08 Å². The van der Waals surface area contributed by atoms with Crippen molar-refractivity contribution in [1.82, 2.24) is 0 Å². The maximum absolute atomic E-state index is 8.65. The molecule has 0 aromatic heterocycles. The first-order valence-electron chi connectivity index (χ1n) is 3.63. The number of hydrogen-bond donors (Lipinski definition) is 1. The van der Waals surface area contributed by atoms with Crippen molar-refractivity contribution in [3.05, 3.63) is 35.4 Å². The number of nitriles is 2. The summed E-state index contributed by atoms with van der Waals surface area (Å²) in [6.07, 6.45) is 2.98. The van der Waals surface area contributed by atoms with Gasteiger partial charge >= 0.3 is 0 Å². The van der Waals surface area contributed by atoms with Gasteiger partial charge in [-0.3, -0.25) is 0 Å². The van der Waals surface area contributed by atoms with Gasteiger partial charge in [-0.15, -0.1) is 0 Å². The smallest absolute Gasteiger partial charge is 0.101 e. The molecule has 0 saturated heterocycles. The lowest BCUT2D eigenvalue weighted by Gasteiger charge is -1.97. The first kappa shape index (κ1) is 8.83. The van der Waals surface area contributed by atoms with E-state index in [4.69, 9.17) is 16.3 Å². The lowest BCUT2D eigenvalue weighted by Crippen LogP contribution is -1.89. The molecule has 62 valence electrons. The van der Waals surface area contributed by atoms with Crippen LogP contribution in [0.4, 0.5) is 5.69 Å². The Balaban J connectivity index is 3.10. The third-order valence-electron chi connectivity index (χ3n) is 1.55. The Morgan fingerprint density at radius 2 is 2.08 bits per heavy atom. The number of nitrogen functional groups attached to an aromatic ring is 1. The predicted octanol–water partition coefficient (Wildman–Crippen LogP) is 1.68. The van der Waals surface area contributed by atoms with Gasteiger partial charge < -0.3 is 5.73 Å². The molecule has 0 bridgehead atoms. The number of anilines is 1. The van der Waals surface area contributed by atoms with Gasteiger partial charge in [0.05, 0.1) is 11.6 Å². The zero-order chi connectivity index (χ0) is 9.68. The summed E-state index contributed by atoms with van der Waals surface area (Å²) in [4.78, 5) is 0. The van der Waals surface area contributed by atoms with Gasteiger partial charge in [-0.2, -0.15) is 10.5 Å². The number of benzene rings is 1. The molecule has 0 heterocycles. The average Bonchev–Trinajstić information content (AvgIpc) is 2.16. The molecule has 0 atom stereocenters. The Hall–Kier alpha value is -2.26. The van der Waals surface area contributed by atoms with Crippen LogP contribution in [0.15, 0.2) is 24.3 Å². The highest BCUT2D eigenvalue weighted by Crippen LogP contribution is 2.13. The molecule has 0 unspecified atom stereocenters. The highest BCUT2D eigenvalue weighted by molar-refractivity contribution is 5.62.